The number of aromatic amines is 1. The van der Waals surface area contributed by atoms with E-state index in [1.165, 1.54) is 54.9 Å². The Balaban J connectivity index is 1.19. The minimum Gasteiger partial charge on any atom is -0.481 e. The highest BCUT2D eigenvalue weighted by Gasteiger charge is 2.46. The molecule has 0 spiro atoms. The number of carboxylic acids is 3. The molecule has 5 rings (SSSR count). The molecule has 18 N–H and O–H groups in total. The quantitative estimate of drug-likeness (QED) is 0.0292. The van der Waals surface area contributed by atoms with Crippen LogP contribution in [0.15, 0.2) is 12.5 Å². The van der Waals surface area contributed by atoms with Crippen molar-refractivity contribution in [2.24, 2.45) is 29.2 Å². The average molecular weight is 1480 g/mol. The highest BCUT2D eigenvalue weighted by Crippen LogP contribution is 2.27. The molecule has 0 aromatic carbocycles. The van der Waals surface area contributed by atoms with Gasteiger partial charge in [0.2, 0.25) is 88.6 Å². The number of aliphatic carboxylic acids is 3. The van der Waals surface area contributed by atoms with Crippen LogP contribution in [0.1, 0.15) is 151 Å². The van der Waals surface area contributed by atoms with Gasteiger partial charge in [-0.1, -0.05) is 41.5 Å². The van der Waals surface area contributed by atoms with Crippen molar-refractivity contribution < 1.29 is 102 Å². The number of hydrogen-bond donors (Lipinski definition) is 16. The maximum absolute atomic E-state index is 14.5. The summed E-state index contributed by atoms with van der Waals surface area (Å²) >= 11 is 0. The first-order chi connectivity index (χ1) is 49.4. The summed E-state index contributed by atoms with van der Waals surface area (Å²) in [5, 5.41) is 53.6. The number of primary amides is 1. The Labute approximate surface area is 605 Å². The van der Waals surface area contributed by atoms with Gasteiger partial charge >= 0.3 is 17.9 Å². The Bertz CT molecular complexity index is 3370. The summed E-state index contributed by atoms with van der Waals surface area (Å²) in [7, 11) is 0. The molecule has 0 radical (unpaired) electrons. The van der Waals surface area contributed by atoms with Crippen LogP contribution in [-0.4, -0.2) is 269 Å². The molecule has 0 saturated carbocycles. The fourth-order valence-electron chi connectivity index (χ4n) is 12.8. The predicted octanol–water partition coefficient (Wildman–Crippen LogP) is -5.56. The van der Waals surface area contributed by atoms with Gasteiger partial charge in [-0.25, -0.2) is 4.98 Å². The van der Waals surface area contributed by atoms with Crippen LogP contribution in [0.5, 0.6) is 0 Å². The number of carboxylic acid groups (broad SMARTS) is 3. The summed E-state index contributed by atoms with van der Waals surface area (Å²) in [5.41, 5.74) is 11.3. The van der Waals surface area contributed by atoms with Crippen LogP contribution in [0, 0.1) is 17.8 Å². The van der Waals surface area contributed by atoms with E-state index in [4.69, 9.17) is 11.5 Å². The molecule has 1 aromatic rings. The Kier molecular flexibility index (Phi) is 32.5. The Morgan fingerprint density at radius 3 is 1.51 bits per heavy atom. The zero-order valence-corrected chi connectivity index (χ0v) is 60.3. The van der Waals surface area contributed by atoms with Gasteiger partial charge in [-0.05, 0) is 102 Å². The van der Waals surface area contributed by atoms with E-state index in [2.05, 4.69) is 63.1 Å². The molecule has 0 aliphatic carbocycles. The highest BCUT2D eigenvalue weighted by atomic mass is 16.4. The van der Waals surface area contributed by atoms with E-state index < -0.39 is 217 Å². The second-order valence-corrected chi connectivity index (χ2v) is 28.0. The van der Waals surface area contributed by atoms with Gasteiger partial charge in [0.15, 0.2) is 0 Å². The number of carbonyl (C=O) groups is 18. The Hall–Kier alpha value is -10.4. The lowest BCUT2D eigenvalue weighted by Gasteiger charge is -2.33. The topological polar surface area (TPSA) is 582 Å². The number of rotatable bonds is 39. The van der Waals surface area contributed by atoms with Crippen molar-refractivity contribution in [1.82, 2.24) is 82.7 Å². The van der Waals surface area contributed by atoms with E-state index in [9.17, 15) is 102 Å². The summed E-state index contributed by atoms with van der Waals surface area (Å²) in [6.45, 7) is 11.7. The molecule has 582 valence electrons. The van der Waals surface area contributed by atoms with Crippen molar-refractivity contribution in [1.29, 1.82) is 0 Å². The number of imidazole rings is 1. The lowest BCUT2D eigenvalue weighted by atomic mass is 10.0. The number of nitrogens with two attached hydrogens (primary N) is 2. The summed E-state index contributed by atoms with van der Waals surface area (Å²) < 4.78 is 0. The van der Waals surface area contributed by atoms with E-state index in [1.807, 2.05) is 27.7 Å². The van der Waals surface area contributed by atoms with E-state index in [0.717, 1.165) is 4.90 Å². The summed E-state index contributed by atoms with van der Waals surface area (Å²) in [6, 6.07) is -17.6. The third kappa shape index (κ3) is 25.5. The highest BCUT2D eigenvalue weighted by molar-refractivity contribution is 6.01. The standard InChI is InChI=1S/C66H102N18O21/c1-32(2)23-39(76-55(93)38(67)17-18-48(68)85)56(94)70-29-49(86)75-43(24-33(3)4)63(101)82-20-9-13-44(82)60(98)71-30-50(87)81-19-12-16-47(81)64(102)83-21-10-14-45(83)61(99)79-42(27-52(90)91)59(97)80-53(34(5)6)65(103)84-22-11-15-46(84)62(100)78-41(26-51(88)89)58(96)77-40(25-37-28-69-31-72-37)57(95)73-35(7)54(92)74-36(8)66(104)105/h28,31-36,38-47,53H,9-27,29-30,67H2,1-8H3,(H2,68,85)(H,69,72)(H,70,94)(H,71,98)(H,73,95)(H,74,92)(H,75,86)(H,76,93)(H,77,96)(H,78,100)(H,79,99)(H,80,97)(H,88,89)(H,90,91)(H,104,105)/t35-,36-,38-,39-,40-,41-,42-,43-,44-,45-,46-,47-,53-/m0/s1. The molecule has 1 aromatic heterocycles. The fourth-order valence-corrected chi connectivity index (χ4v) is 12.8. The van der Waals surface area contributed by atoms with Crippen LogP contribution in [0.2, 0.25) is 0 Å². The summed E-state index contributed by atoms with van der Waals surface area (Å²) in [4.78, 5) is 252. The summed E-state index contributed by atoms with van der Waals surface area (Å²) in [5.74, 6) is -17.8. The van der Waals surface area contributed by atoms with E-state index >= 15 is 0 Å². The molecule has 0 unspecified atom stereocenters. The summed E-state index contributed by atoms with van der Waals surface area (Å²) in [6.07, 6.45) is 2.04. The molecular formula is C66H102N18O21. The lowest BCUT2D eigenvalue weighted by molar-refractivity contribution is -0.148. The third-order valence-electron chi connectivity index (χ3n) is 18.3. The SMILES string of the molecule is CC(C)C[C@H](NC(=O)[C@@H](N)CCC(N)=O)C(=O)NCC(=O)N[C@@H](CC(C)C)C(=O)N1CCC[C@H]1C(=O)NCC(=O)N1CCC[C@H]1C(=O)N1CCC[C@H]1C(=O)N[C@@H](CC(=O)O)C(=O)N[C@H](C(=O)N1CCC[C@H]1C(=O)N[C@@H](CC(=O)O)C(=O)N[C@@H](Cc1c[nH]cn1)C(=O)N[C@@H](C)C(=O)N[C@@H](C)C(=O)O)C(C)C. The van der Waals surface area contributed by atoms with E-state index in [1.54, 1.807) is 0 Å². The largest absolute Gasteiger partial charge is 0.481 e. The smallest absolute Gasteiger partial charge is 0.325 e. The first-order valence-electron chi connectivity index (χ1n) is 35.2. The number of aromatic nitrogens is 2. The van der Waals surface area contributed by atoms with Gasteiger partial charge in [-0.3, -0.25) is 86.3 Å². The van der Waals surface area contributed by atoms with Gasteiger partial charge in [-0.15, -0.1) is 0 Å². The Morgan fingerprint density at radius 2 is 0.990 bits per heavy atom. The van der Waals surface area contributed by atoms with Gasteiger partial charge < -0.3 is 105 Å². The molecule has 5 heterocycles. The second kappa shape index (κ2) is 40.1. The molecule has 4 saturated heterocycles. The number of hydrogen-bond acceptors (Lipinski definition) is 20. The number of H-pyrrole nitrogens is 1. The minimum absolute atomic E-state index is 0.0185. The first kappa shape index (κ1) is 85.3. The first-order valence-corrected chi connectivity index (χ1v) is 35.2. The van der Waals surface area contributed by atoms with E-state index in [0.29, 0.717) is 12.8 Å². The third-order valence-corrected chi connectivity index (χ3v) is 18.3. The van der Waals surface area contributed by atoms with E-state index in [-0.39, 0.29) is 114 Å². The normalized spacial score (nSPS) is 19.7. The van der Waals surface area contributed by atoms with Crippen LogP contribution in [-0.2, 0) is 92.7 Å². The number of likely N-dealkylation sites (tertiary alicyclic amines) is 4. The van der Waals surface area contributed by atoms with Gasteiger partial charge in [0.25, 0.3) is 0 Å². The van der Waals surface area contributed by atoms with Gasteiger partial charge in [0.1, 0.15) is 72.5 Å². The van der Waals surface area contributed by atoms with Gasteiger partial charge in [0, 0.05) is 45.2 Å². The average Bonchev–Trinajstić information content (AvgIpc) is 1.69. The van der Waals surface area contributed by atoms with Crippen LogP contribution in [0.3, 0.4) is 0 Å². The van der Waals surface area contributed by atoms with Crippen LogP contribution >= 0.6 is 0 Å². The van der Waals surface area contributed by atoms with Crippen LogP contribution in [0.25, 0.3) is 0 Å². The minimum atomic E-state index is -1.88. The van der Waals surface area contributed by atoms with Crippen molar-refractivity contribution in [2.45, 2.75) is 230 Å². The molecule has 4 aliphatic heterocycles. The predicted molar refractivity (Wildman–Crippen MR) is 366 cm³/mol. The molecule has 4 aliphatic rings. The van der Waals surface area contributed by atoms with Crippen LogP contribution < -0.4 is 64.6 Å². The number of nitrogens with one attached hydrogen (secondary N) is 11. The van der Waals surface area contributed by atoms with Crippen molar-refractivity contribution in [3.63, 3.8) is 0 Å². The van der Waals surface area contributed by atoms with Crippen LogP contribution in [0.4, 0.5) is 0 Å². The second-order valence-electron chi connectivity index (χ2n) is 28.0. The molecular weight excluding hydrogens is 1380 g/mol. The monoisotopic (exact) mass is 1480 g/mol. The molecule has 39 nitrogen and oxygen atoms in total. The molecule has 15 amide bonds. The van der Waals surface area contributed by atoms with Crippen molar-refractivity contribution >= 4 is 107 Å². The lowest BCUT2D eigenvalue weighted by Crippen LogP contribution is -2.61. The Morgan fingerprint density at radius 1 is 0.505 bits per heavy atom. The van der Waals surface area contributed by atoms with Gasteiger partial charge in [0.05, 0.1) is 44.0 Å². The van der Waals surface area contributed by atoms with Gasteiger partial charge in [-0.2, -0.15) is 0 Å². The van der Waals surface area contributed by atoms with Crippen molar-refractivity contribution in [2.75, 3.05) is 39.3 Å². The van der Waals surface area contributed by atoms with Crippen molar-refractivity contribution in [3.8, 4) is 0 Å². The zero-order valence-electron chi connectivity index (χ0n) is 60.3. The molecule has 4 fully saturated rings. The molecule has 39 heteroatoms. The molecule has 105 heavy (non-hydrogen) atoms. The fraction of sp³-hybridized carbons (Fsp3) is 0.682. The van der Waals surface area contributed by atoms with Crippen molar-refractivity contribution in [3.05, 3.63) is 18.2 Å². The maximum Gasteiger partial charge on any atom is 0.325 e. The maximum atomic E-state index is 14.5. The zero-order chi connectivity index (χ0) is 78.3. The molecule has 13 atom stereocenters. The number of amides is 15. The number of nitrogens with zero attached hydrogens (tertiary/aromatic N) is 5. The molecule has 0 bridgehead atoms. The number of carbonyl (C=O) groups excluding carboxylic acids is 15.